The van der Waals surface area contributed by atoms with Gasteiger partial charge in [0, 0.05) is 65.6 Å². The molecule has 2 atom stereocenters. The van der Waals surface area contributed by atoms with Crippen molar-refractivity contribution in [2.24, 2.45) is 11.1 Å². The molecule has 330 valence electrons. The Balaban J connectivity index is 0.992. The highest BCUT2D eigenvalue weighted by Crippen LogP contribution is 2.43. The number of allylic oxidation sites excluding steroid dienone is 1. The van der Waals surface area contributed by atoms with Crippen LogP contribution in [0.25, 0.3) is 22.0 Å². The van der Waals surface area contributed by atoms with Crippen molar-refractivity contribution in [1.82, 2.24) is 19.8 Å². The maximum absolute atomic E-state index is 14.0. The summed E-state index contributed by atoms with van der Waals surface area (Å²) in [6.45, 7) is 10.8. The number of hydrogen-bond acceptors (Lipinski definition) is 11. The molecule has 0 saturated carbocycles. The van der Waals surface area contributed by atoms with Crippen LogP contribution in [0.1, 0.15) is 68.6 Å². The van der Waals surface area contributed by atoms with Gasteiger partial charge in [0.2, 0.25) is 0 Å². The average molecular weight is 909 g/mol. The highest BCUT2D eigenvalue weighted by atomic mass is 35.5. The highest BCUT2D eigenvalue weighted by Gasteiger charge is 2.32. The van der Waals surface area contributed by atoms with E-state index in [4.69, 9.17) is 22.1 Å². The van der Waals surface area contributed by atoms with E-state index in [0.29, 0.717) is 42.6 Å². The van der Waals surface area contributed by atoms with E-state index in [-0.39, 0.29) is 21.8 Å². The van der Waals surface area contributed by atoms with Crippen LogP contribution in [0.4, 0.5) is 11.5 Å². The van der Waals surface area contributed by atoms with Gasteiger partial charge < -0.3 is 10.5 Å². The number of anilines is 1. The molecule has 3 heterocycles. The minimum atomic E-state index is -4.31. The van der Waals surface area contributed by atoms with Crippen molar-refractivity contribution in [2.45, 2.75) is 67.0 Å². The van der Waals surface area contributed by atoms with Crippen LogP contribution in [-0.2, 0) is 14.8 Å². The van der Waals surface area contributed by atoms with Gasteiger partial charge in [-0.15, -0.1) is 11.8 Å². The molecule has 12 nitrogen and oxygen atoms in total. The molecule has 0 radical (unpaired) electrons. The number of benzene rings is 4. The van der Waals surface area contributed by atoms with Crippen molar-refractivity contribution in [2.75, 3.05) is 57.2 Å². The van der Waals surface area contributed by atoms with E-state index < -0.39 is 26.2 Å². The molecule has 1 aliphatic carbocycles. The summed E-state index contributed by atoms with van der Waals surface area (Å²) in [5.41, 5.74) is 14.2. The number of nitrogens with two attached hydrogens (primary N) is 1. The molecule has 1 aromatic heterocycles. The second-order valence-corrected chi connectivity index (χ2v) is 20.8. The smallest absolute Gasteiger partial charge is 0.274 e. The summed E-state index contributed by atoms with van der Waals surface area (Å²) in [7, 11) is -4.31. The summed E-state index contributed by atoms with van der Waals surface area (Å²) in [6, 6.07) is 27.8. The number of nitrogens with one attached hydrogen (secondary N) is 1. The van der Waals surface area contributed by atoms with Gasteiger partial charge in [0.1, 0.15) is 6.33 Å². The maximum atomic E-state index is 14.0. The van der Waals surface area contributed by atoms with Crippen molar-refractivity contribution in [1.29, 1.82) is 0 Å². The van der Waals surface area contributed by atoms with Crippen LogP contribution >= 0.6 is 23.4 Å². The maximum Gasteiger partial charge on any atom is 0.274 e. The fourth-order valence-electron chi connectivity index (χ4n) is 9.02. The van der Waals surface area contributed by atoms with Gasteiger partial charge >= 0.3 is 0 Å². The minimum Gasteiger partial charge on any atom is -0.379 e. The molecule has 3 N–H and O–H groups in total. The van der Waals surface area contributed by atoms with E-state index in [1.165, 1.54) is 52.5 Å². The van der Waals surface area contributed by atoms with Gasteiger partial charge in [-0.25, -0.2) is 18.4 Å². The first kappa shape index (κ1) is 44.9. The molecule has 3 aliphatic rings. The average Bonchev–Trinajstić information content (AvgIpc) is 3.27. The van der Waals surface area contributed by atoms with Crippen molar-refractivity contribution >= 4 is 66.9 Å². The second-order valence-electron chi connectivity index (χ2n) is 17.4. The lowest BCUT2D eigenvalue weighted by Gasteiger charge is -2.36. The Labute approximate surface area is 379 Å². The molecule has 8 rings (SSSR count). The summed E-state index contributed by atoms with van der Waals surface area (Å²) in [6.07, 6.45) is 8.29. The normalized spacial score (nSPS) is 18.5. The van der Waals surface area contributed by atoms with Crippen molar-refractivity contribution in [3.8, 4) is 0 Å². The molecule has 0 bridgehead atoms. The number of nitrogens with zero attached hydrogens (tertiary/aromatic N) is 5. The standard InChI is InChI=1S/C48H54ClN7O5S2/c1-48(2)20-16-40(34-8-11-37(49)12-9-34)36(30-48)31-55-21-17-33(18-22-55)35-10-14-43-44(28-35)51-32-52-47(43)53-63(59,60)39-13-15-41(45(29-39)56(57)58)42(19-23-54-24-26-61-27-25-54)46(50)62-38-6-4-3-5-7-38/h3-15,17,28-29,32,42,46H,16,18-27,30-31,50H2,1-2H3,(H,51,52,53). The van der Waals surface area contributed by atoms with E-state index in [9.17, 15) is 18.5 Å². The third-order valence-electron chi connectivity index (χ3n) is 12.5. The zero-order chi connectivity index (χ0) is 44.1. The predicted octanol–water partition coefficient (Wildman–Crippen LogP) is 9.63. The van der Waals surface area contributed by atoms with Crippen molar-refractivity contribution in [3.63, 3.8) is 0 Å². The third kappa shape index (κ3) is 11.0. The summed E-state index contributed by atoms with van der Waals surface area (Å²) >= 11 is 7.66. The number of aromatic nitrogens is 2. The van der Waals surface area contributed by atoms with Gasteiger partial charge in [0.05, 0.1) is 33.9 Å². The Morgan fingerprint density at radius 3 is 2.44 bits per heavy atom. The van der Waals surface area contributed by atoms with Gasteiger partial charge in [-0.2, -0.15) is 0 Å². The minimum absolute atomic E-state index is 0.0897. The van der Waals surface area contributed by atoms with Gasteiger partial charge in [-0.3, -0.25) is 24.6 Å². The molecule has 5 aromatic rings. The van der Waals surface area contributed by atoms with Crippen LogP contribution < -0.4 is 10.5 Å². The van der Waals surface area contributed by atoms with E-state index >= 15 is 0 Å². The Morgan fingerprint density at radius 1 is 0.952 bits per heavy atom. The number of hydrogen-bond donors (Lipinski definition) is 2. The quantitative estimate of drug-likeness (QED) is 0.0446. The molecule has 1 fully saturated rings. The molecular weight excluding hydrogens is 854 g/mol. The molecule has 0 spiro atoms. The van der Waals surface area contributed by atoms with E-state index in [0.717, 1.165) is 80.0 Å². The van der Waals surface area contributed by atoms with Crippen LogP contribution in [0.2, 0.25) is 5.02 Å². The number of nitro groups is 1. The first-order valence-corrected chi connectivity index (χ1v) is 24.3. The lowest BCUT2D eigenvalue weighted by Crippen LogP contribution is -2.38. The number of fused-ring (bicyclic) bond motifs is 1. The number of rotatable bonds is 15. The van der Waals surface area contributed by atoms with Crippen LogP contribution in [0.3, 0.4) is 0 Å². The molecule has 2 unspecified atom stereocenters. The van der Waals surface area contributed by atoms with E-state index in [1.807, 2.05) is 60.7 Å². The number of sulfonamides is 1. The lowest BCUT2D eigenvalue weighted by atomic mass is 9.72. The van der Waals surface area contributed by atoms with E-state index in [1.54, 1.807) is 0 Å². The molecule has 1 saturated heterocycles. The van der Waals surface area contributed by atoms with Gasteiger partial charge in [-0.1, -0.05) is 79.6 Å². The molecule has 63 heavy (non-hydrogen) atoms. The fourth-order valence-corrected chi connectivity index (χ4v) is 11.3. The molecular formula is C48H54ClN7O5S2. The monoisotopic (exact) mass is 907 g/mol. The number of nitro benzene ring substituents is 1. The Hall–Kier alpha value is -4.67. The number of thioether (sulfide) groups is 1. The summed E-state index contributed by atoms with van der Waals surface area (Å²) in [5, 5.41) is 13.4. The van der Waals surface area contributed by atoms with Crippen molar-refractivity contribution in [3.05, 3.63) is 141 Å². The first-order chi connectivity index (χ1) is 30.3. The fraction of sp³-hybridized carbons (Fsp3) is 0.375. The molecule has 2 aliphatic heterocycles. The van der Waals surface area contributed by atoms with Gasteiger partial charge in [0.15, 0.2) is 5.82 Å². The van der Waals surface area contributed by atoms with E-state index in [2.05, 4.69) is 56.5 Å². The molecule has 0 amide bonds. The Morgan fingerprint density at radius 2 is 1.71 bits per heavy atom. The van der Waals surface area contributed by atoms with Crippen LogP contribution in [-0.4, -0.2) is 91.0 Å². The zero-order valence-corrected chi connectivity index (χ0v) is 38.1. The largest absolute Gasteiger partial charge is 0.379 e. The van der Waals surface area contributed by atoms with Crippen LogP contribution in [0.5, 0.6) is 0 Å². The van der Waals surface area contributed by atoms with Crippen LogP contribution in [0, 0.1) is 15.5 Å². The number of morpholine rings is 1. The van der Waals surface area contributed by atoms with Gasteiger partial charge in [-0.05, 0) is 109 Å². The summed E-state index contributed by atoms with van der Waals surface area (Å²) < 4.78 is 36.1. The van der Waals surface area contributed by atoms with Crippen molar-refractivity contribution < 1.29 is 18.1 Å². The highest BCUT2D eigenvalue weighted by molar-refractivity contribution is 8.00. The Kier molecular flexibility index (Phi) is 14.0. The van der Waals surface area contributed by atoms with Gasteiger partial charge in [0.25, 0.3) is 15.7 Å². The summed E-state index contributed by atoms with van der Waals surface area (Å²) in [4.78, 5) is 26.4. The number of halogens is 1. The topological polar surface area (TPSA) is 157 Å². The SMILES string of the molecule is CC1(C)CCC(c2ccc(Cl)cc2)=C(CN2CC=C(c3ccc4c(NS(=O)(=O)c5ccc(C(CCN6CCOCC6)C(N)Sc6ccccc6)c([N+](=O)[O-])c5)ncnc4c3)CC2)C1. The molecule has 4 aromatic carbocycles. The zero-order valence-electron chi connectivity index (χ0n) is 35.7. The Bertz CT molecular complexity index is 2620. The first-order valence-electron chi connectivity index (χ1n) is 21.5. The molecule has 15 heteroatoms. The lowest BCUT2D eigenvalue weighted by molar-refractivity contribution is -0.386. The predicted molar refractivity (Wildman–Crippen MR) is 253 cm³/mol. The third-order valence-corrected chi connectivity index (χ3v) is 15.2. The van der Waals surface area contributed by atoms with Crippen LogP contribution in [0.15, 0.2) is 119 Å². The summed E-state index contributed by atoms with van der Waals surface area (Å²) in [5.74, 6) is -0.355. The number of ether oxygens (including phenoxy) is 1. The second kappa shape index (κ2) is 19.6.